The molecule has 0 saturated carbocycles. The molecule has 0 bridgehead atoms. The zero-order valence-corrected chi connectivity index (χ0v) is 32.4. The molecule has 16 nitrogen and oxygen atoms in total. The second kappa shape index (κ2) is 18.8. The monoisotopic (exact) mass is 770 g/mol. The summed E-state index contributed by atoms with van der Waals surface area (Å²) in [6, 6.07) is 10.1. The molecule has 5 aliphatic rings. The average Bonchev–Trinajstić information content (AvgIpc) is 3.97. The van der Waals surface area contributed by atoms with Gasteiger partial charge in [-0.3, -0.25) is 14.4 Å². The zero-order chi connectivity index (χ0) is 40.3. The first-order chi connectivity index (χ1) is 26.0. The fourth-order valence-corrected chi connectivity index (χ4v) is 5.60. The molecular formula is C39H50N2O14. The molecule has 4 amide bonds. The number of carbonyl (C=O) groups is 6. The Morgan fingerprint density at radius 3 is 1.69 bits per heavy atom. The second-order valence-corrected chi connectivity index (χ2v) is 14.7. The molecule has 0 N–H and O–H groups in total. The maximum absolute atomic E-state index is 12.7. The average molecular weight is 771 g/mol. The van der Waals surface area contributed by atoms with Crippen molar-refractivity contribution >= 4 is 35.8 Å². The highest BCUT2D eigenvalue weighted by molar-refractivity contribution is 6.15. The van der Waals surface area contributed by atoms with Crippen molar-refractivity contribution in [1.29, 1.82) is 0 Å². The number of ketones is 1. The molecule has 2 aromatic carbocycles. The highest BCUT2D eigenvalue weighted by atomic mass is 16.7. The number of hydrogen-bond acceptors (Lipinski definition) is 14. The van der Waals surface area contributed by atoms with Crippen molar-refractivity contribution in [3.63, 3.8) is 0 Å². The van der Waals surface area contributed by atoms with Crippen molar-refractivity contribution in [3.05, 3.63) is 47.5 Å². The smallest absolute Gasteiger partial charge is 0.417 e. The van der Waals surface area contributed by atoms with Gasteiger partial charge in [0.25, 0.3) is 0 Å². The summed E-state index contributed by atoms with van der Waals surface area (Å²) >= 11 is 0. The molecule has 0 spiro atoms. The minimum atomic E-state index is -0.909. The SMILES string of the molecule is C1CCOC1.CC(C)(C)OC(=O)N1CCC(C(=O)c2cccc3c2OCO3)C1=O.CC(C)(C)OC(=O)N1CCCC1=O.COC(=O)c1cccc2c1OCO2. The quantitative estimate of drug-likeness (QED) is 0.155. The predicted molar refractivity (Wildman–Crippen MR) is 194 cm³/mol. The molecule has 1 atom stereocenters. The summed E-state index contributed by atoms with van der Waals surface area (Å²) in [5.41, 5.74) is -0.530. The van der Waals surface area contributed by atoms with Crippen molar-refractivity contribution in [2.24, 2.45) is 5.92 Å². The normalized spacial score (nSPS) is 17.9. The van der Waals surface area contributed by atoms with Gasteiger partial charge in [0, 0.05) is 32.7 Å². The van der Waals surface area contributed by atoms with Crippen LogP contribution in [0.3, 0.4) is 0 Å². The van der Waals surface area contributed by atoms with Crippen LogP contribution in [0.2, 0.25) is 0 Å². The fourth-order valence-electron chi connectivity index (χ4n) is 5.60. The van der Waals surface area contributed by atoms with E-state index in [2.05, 4.69) is 4.74 Å². The third kappa shape index (κ3) is 11.8. The fraction of sp³-hybridized carbons (Fsp3) is 0.538. The number of para-hydroxylation sites is 2. The standard InChI is InChI=1S/C17H19NO6.C9H15NO3.C9H8O4.C4H8O/c1-17(2,3)24-16(21)18-8-7-11(15(18)20)13(19)10-5-4-6-12-14(10)23-9-22-12;1-9(2,3)13-8(12)10-6-4-5-7(10)11;1-11-9(10)6-3-2-4-7-8(6)13-5-12-7;1-2-4-5-3-1/h4-6,11H,7-9H2,1-3H3;4-6H2,1-3H3;2-4H,5H2,1H3;1-4H2. The molecule has 0 radical (unpaired) electrons. The van der Waals surface area contributed by atoms with E-state index in [1.807, 2.05) is 0 Å². The summed E-state index contributed by atoms with van der Waals surface area (Å²) in [5, 5.41) is 0. The van der Waals surface area contributed by atoms with E-state index in [0.29, 0.717) is 47.1 Å². The Kier molecular flexibility index (Phi) is 14.5. The molecular weight excluding hydrogens is 720 g/mol. The number of fused-ring (bicyclic) bond motifs is 2. The molecule has 0 aromatic heterocycles. The third-order valence-electron chi connectivity index (χ3n) is 8.11. The van der Waals surface area contributed by atoms with Gasteiger partial charge in [-0.15, -0.1) is 0 Å². The van der Waals surface area contributed by atoms with Gasteiger partial charge in [-0.25, -0.2) is 24.2 Å². The molecule has 7 rings (SSSR count). The van der Waals surface area contributed by atoms with Crippen LogP contribution in [0.15, 0.2) is 36.4 Å². The Bertz CT molecular complexity index is 1720. The molecule has 55 heavy (non-hydrogen) atoms. The van der Waals surface area contributed by atoms with E-state index >= 15 is 0 Å². The van der Waals surface area contributed by atoms with Crippen molar-refractivity contribution in [1.82, 2.24) is 9.80 Å². The molecule has 300 valence electrons. The Hall–Kier alpha value is -5.38. The van der Waals surface area contributed by atoms with E-state index in [-0.39, 0.29) is 38.2 Å². The van der Waals surface area contributed by atoms with Gasteiger partial charge >= 0.3 is 18.2 Å². The molecule has 1 unspecified atom stereocenters. The topological polar surface area (TPSA) is 183 Å². The van der Waals surface area contributed by atoms with Gasteiger partial charge < -0.3 is 37.9 Å². The molecule has 5 aliphatic heterocycles. The van der Waals surface area contributed by atoms with E-state index in [0.717, 1.165) is 24.5 Å². The first-order valence-corrected chi connectivity index (χ1v) is 18.1. The van der Waals surface area contributed by atoms with Crippen LogP contribution in [0.4, 0.5) is 9.59 Å². The second-order valence-electron chi connectivity index (χ2n) is 14.7. The lowest BCUT2D eigenvalue weighted by Gasteiger charge is -2.23. The number of imide groups is 2. The number of hydrogen-bond donors (Lipinski definition) is 0. The van der Waals surface area contributed by atoms with Gasteiger partial charge in [0.05, 0.1) is 12.7 Å². The number of benzene rings is 2. The van der Waals surface area contributed by atoms with Gasteiger partial charge in [0.15, 0.2) is 28.8 Å². The molecule has 0 aliphatic carbocycles. The summed E-state index contributed by atoms with van der Waals surface area (Å²) in [7, 11) is 1.33. The highest BCUT2D eigenvalue weighted by Crippen LogP contribution is 2.38. The van der Waals surface area contributed by atoms with Crippen molar-refractivity contribution < 1.29 is 66.7 Å². The van der Waals surface area contributed by atoms with Crippen LogP contribution < -0.4 is 18.9 Å². The maximum atomic E-state index is 12.7. The summed E-state index contributed by atoms with van der Waals surface area (Å²) < 4.78 is 40.6. The first kappa shape index (κ1) is 42.4. The van der Waals surface area contributed by atoms with Crippen LogP contribution in [0, 0.1) is 5.92 Å². The lowest BCUT2D eigenvalue weighted by atomic mass is 9.95. The molecule has 16 heteroatoms. The number of methoxy groups -OCH3 is 1. The van der Waals surface area contributed by atoms with Crippen LogP contribution in [-0.4, -0.2) is 104 Å². The molecule has 2 aromatic rings. The van der Waals surface area contributed by atoms with Crippen LogP contribution in [0.5, 0.6) is 23.0 Å². The summed E-state index contributed by atoms with van der Waals surface area (Å²) in [5.74, 6) is -0.470. The molecule has 5 heterocycles. The molecule has 3 fully saturated rings. The number of likely N-dealkylation sites (tertiary alicyclic amines) is 2. The van der Waals surface area contributed by atoms with E-state index in [1.165, 1.54) is 24.9 Å². The summed E-state index contributed by atoms with van der Waals surface area (Å²) in [6.45, 7) is 13.4. The van der Waals surface area contributed by atoms with E-state index < -0.39 is 41.2 Å². The largest absolute Gasteiger partial charge is 0.465 e. The van der Waals surface area contributed by atoms with Crippen molar-refractivity contribution in [2.75, 3.05) is 47.0 Å². The third-order valence-corrected chi connectivity index (χ3v) is 8.11. The summed E-state index contributed by atoms with van der Waals surface area (Å²) in [6.07, 6.45) is 2.79. The van der Waals surface area contributed by atoms with Gasteiger partial charge in [0.1, 0.15) is 22.7 Å². The van der Waals surface area contributed by atoms with Crippen LogP contribution in [0.25, 0.3) is 0 Å². The van der Waals surface area contributed by atoms with Crippen LogP contribution >= 0.6 is 0 Å². The van der Waals surface area contributed by atoms with Gasteiger partial charge in [-0.1, -0.05) is 12.1 Å². The van der Waals surface area contributed by atoms with E-state index in [1.54, 1.807) is 77.9 Å². The number of ether oxygens (including phenoxy) is 8. The van der Waals surface area contributed by atoms with Gasteiger partial charge in [-0.05, 0) is 91.5 Å². The maximum Gasteiger partial charge on any atom is 0.417 e. The zero-order valence-electron chi connectivity index (χ0n) is 32.4. The Balaban J connectivity index is 0.000000183. The van der Waals surface area contributed by atoms with Crippen LogP contribution in [0.1, 0.15) is 94.4 Å². The Morgan fingerprint density at radius 2 is 1.22 bits per heavy atom. The number of amides is 4. The minimum Gasteiger partial charge on any atom is -0.465 e. The number of esters is 1. The lowest BCUT2D eigenvalue weighted by Crippen LogP contribution is -2.39. The summed E-state index contributed by atoms with van der Waals surface area (Å²) in [4.78, 5) is 73.2. The molecule has 3 saturated heterocycles. The lowest BCUT2D eigenvalue weighted by molar-refractivity contribution is -0.129. The van der Waals surface area contributed by atoms with Gasteiger partial charge in [-0.2, -0.15) is 0 Å². The predicted octanol–water partition coefficient (Wildman–Crippen LogP) is 5.92. The number of Topliss-reactive ketones (excluding diaryl/α,β-unsaturated/α-hetero) is 1. The highest BCUT2D eigenvalue weighted by Gasteiger charge is 2.43. The number of carbonyl (C=O) groups excluding carboxylic acids is 6. The van der Waals surface area contributed by atoms with Crippen molar-refractivity contribution in [3.8, 4) is 23.0 Å². The first-order valence-electron chi connectivity index (χ1n) is 18.1. The van der Waals surface area contributed by atoms with Crippen LogP contribution in [-0.2, 0) is 28.5 Å². The van der Waals surface area contributed by atoms with E-state index in [4.69, 9.17) is 33.2 Å². The Labute approximate surface area is 320 Å². The Morgan fingerprint density at radius 1 is 0.691 bits per heavy atom. The number of nitrogens with zero attached hydrogens (tertiary/aromatic N) is 2. The minimum absolute atomic E-state index is 0.0439. The van der Waals surface area contributed by atoms with Gasteiger partial charge in [0.2, 0.25) is 25.4 Å². The van der Waals surface area contributed by atoms with Crippen molar-refractivity contribution in [2.45, 2.75) is 84.8 Å². The number of rotatable bonds is 3. The van der Waals surface area contributed by atoms with E-state index in [9.17, 15) is 28.8 Å².